The largest absolute Gasteiger partial charge is 0.497 e. The Morgan fingerprint density at radius 1 is 1.18 bits per heavy atom. The van der Waals surface area contributed by atoms with Gasteiger partial charge in [0.05, 0.1) is 13.7 Å². The molecule has 1 rings (SSSR count). The number of carbonyl (C=O) groups is 1. The van der Waals surface area contributed by atoms with Crippen molar-refractivity contribution in [1.29, 1.82) is 0 Å². The summed E-state index contributed by atoms with van der Waals surface area (Å²) in [6, 6.07) is 7.09. The molecule has 1 aromatic rings. The Labute approximate surface area is 179 Å². The number of rotatable bonds is 9. The van der Waals surface area contributed by atoms with Crippen LogP contribution in [-0.4, -0.2) is 69.9 Å². The second kappa shape index (κ2) is 13.3. The summed E-state index contributed by atoms with van der Waals surface area (Å²) in [7, 11) is 2.67. The number of carbonyl (C=O) groups excluding carboxylic acids is 1. The van der Waals surface area contributed by atoms with Crippen LogP contribution in [0.3, 0.4) is 0 Å². The van der Waals surface area contributed by atoms with Crippen molar-refractivity contribution in [2.75, 3.05) is 46.9 Å². The van der Waals surface area contributed by atoms with Gasteiger partial charge in [0.1, 0.15) is 31.2 Å². The Hall–Kier alpha value is -1.92. The van der Waals surface area contributed by atoms with Crippen molar-refractivity contribution in [2.45, 2.75) is 13.1 Å². The number of ether oxygens (including phenoxy) is 2. The van der Waals surface area contributed by atoms with E-state index in [1.807, 2.05) is 6.92 Å². The maximum Gasteiger partial charge on any atom is 0.406 e. The lowest BCUT2D eigenvalue weighted by Gasteiger charge is -2.18. The predicted molar refractivity (Wildman–Crippen MR) is 112 cm³/mol. The number of hydrogen-bond donors (Lipinski definition) is 2. The molecule has 160 valence electrons. The molecule has 0 atom stereocenters. The van der Waals surface area contributed by atoms with Crippen LogP contribution >= 0.6 is 24.0 Å². The lowest BCUT2D eigenvalue weighted by atomic mass is 10.3. The van der Waals surface area contributed by atoms with Crippen molar-refractivity contribution in [3.63, 3.8) is 0 Å². The van der Waals surface area contributed by atoms with E-state index in [1.54, 1.807) is 31.4 Å². The molecule has 0 unspecified atom stereocenters. The van der Waals surface area contributed by atoms with Crippen molar-refractivity contribution in [1.82, 2.24) is 15.5 Å². The summed E-state index contributed by atoms with van der Waals surface area (Å²) in [5.41, 5.74) is 0. The molecule has 0 saturated carbocycles. The average molecular weight is 518 g/mol. The number of methoxy groups -OCH3 is 1. The summed E-state index contributed by atoms with van der Waals surface area (Å²) in [6.45, 7) is 1.41. The third-order valence-corrected chi connectivity index (χ3v) is 3.28. The normalized spacial score (nSPS) is 11.3. The monoisotopic (exact) mass is 518 g/mol. The molecule has 1 aromatic carbocycles. The van der Waals surface area contributed by atoms with E-state index < -0.39 is 18.6 Å². The minimum absolute atomic E-state index is 0. The van der Waals surface area contributed by atoms with Crippen molar-refractivity contribution in [2.24, 2.45) is 4.99 Å². The third kappa shape index (κ3) is 11.0. The molecular formula is C17H26F3IN4O3. The first-order chi connectivity index (χ1) is 12.7. The molecule has 28 heavy (non-hydrogen) atoms. The number of aliphatic imine (C=N–C) groups is 1. The molecule has 0 saturated heterocycles. The topological polar surface area (TPSA) is 75.2 Å². The summed E-state index contributed by atoms with van der Waals surface area (Å²) < 4.78 is 47.5. The molecule has 1 amide bonds. The fraction of sp³-hybridized carbons (Fsp3) is 0.529. The quantitative estimate of drug-likeness (QED) is 0.227. The minimum Gasteiger partial charge on any atom is -0.497 e. The number of amides is 1. The molecule has 0 aliphatic rings. The first-order valence-electron chi connectivity index (χ1n) is 8.35. The number of benzene rings is 1. The van der Waals surface area contributed by atoms with Crippen LogP contribution in [0, 0.1) is 0 Å². The van der Waals surface area contributed by atoms with Crippen LogP contribution in [0.15, 0.2) is 29.3 Å². The van der Waals surface area contributed by atoms with E-state index >= 15 is 0 Å². The molecule has 7 nitrogen and oxygen atoms in total. The SMILES string of the molecule is CCNC(=NCC(=O)N(C)CC(F)(F)F)NCCOc1ccc(OC)cc1.I. The smallest absolute Gasteiger partial charge is 0.406 e. The number of halogens is 4. The van der Waals surface area contributed by atoms with Gasteiger partial charge in [0, 0.05) is 13.6 Å². The first kappa shape index (κ1) is 26.1. The Bertz CT molecular complexity index is 613. The number of nitrogens with one attached hydrogen (secondary N) is 2. The fourth-order valence-corrected chi connectivity index (χ4v) is 1.98. The lowest BCUT2D eigenvalue weighted by Crippen LogP contribution is -2.41. The van der Waals surface area contributed by atoms with Crippen LogP contribution in [0.5, 0.6) is 11.5 Å². The third-order valence-electron chi connectivity index (χ3n) is 3.28. The van der Waals surface area contributed by atoms with Crippen LogP contribution in [0.4, 0.5) is 13.2 Å². The summed E-state index contributed by atoms with van der Waals surface area (Å²) in [5.74, 6) is 0.995. The van der Waals surface area contributed by atoms with Gasteiger partial charge in [-0.25, -0.2) is 4.99 Å². The van der Waals surface area contributed by atoms with E-state index in [0.717, 1.165) is 12.8 Å². The Morgan fingerprint density at radius 3 is 2.32 bits per heavy atom. The standard InChI is InChI=1S/C17H25F3N4O3.HI/c1-4-21-16(23-11-15(25)24(2)12-17(18,19)20)22-9-10-27-14-7-5-13(26-3)6-8-14;/h5-8H,4,9-12H2,1-3H3,(H2,21,22,23);1H. The van der Waals surface area contributed by atoms with Crippen molar-refractivity contribution in [3.05, 3.63) is 24.3 Å². The van der Waals surface area contributed by atoms with Crippen LogP contribution < -0.4 is 20.1 Å². The summed E-state index contributed by atoms with van der Waals surface area (Å²) >= 11 is 0. The maximum atomic E-state index is 12.3. The van der Waals surface area contributed by atoms with E-state index in [2.05, 4.69) is 15.6 Å². The molecule has 0 spiro atoms. The number of guanidine groups is 1. The number of likely N-dealkylation sites (N-methyl/N-ethyl adjacent to an activating group) is 1. The van der Waals surface area contributed by atoms with Crippen LogP contribution in [0.25, 0.3) is 0 Å². The highest BCUT2D eigenvalue weighted by Gasteiger charge is 2.30. The van der Waals surface area contributed by atoms with Gasteiger partial charge in [0.15, 0.2) is 5.96 Å². The van der Waals surface area contributed by atoms with E-state index in [9.17, 15) is 18.0 Å². The maximum absolute atomic E-state index is 12.3. The van der Waals surface area contributed by atoms with Gasteiger partial charge in [-0.15, -0.1) is 24.0 Å². The fourth-order valence-electron chi connectivity index (χ4n) is 1.98. The van der Waals surface area contributed by atoms with Gasteiger partial charge in [-0.3, -0.25) is 4.79 Å². The molecule has 0 heterocycles. The van der Waals surface area contributed by atoms with Gasteiger partial charge in [0.25, 0.3) is 0 Å². The number of nitrogens with zero attached hydrogens (tertiary/aromatic N) is 2. The van der Waals surface area contributed by atoms with Crippen molar-refractivity contribution >= 4 is 35.8 Å². The molecule has 0 radical (unpaired) electrons. The lowest BCUT2D eigenvalue weighted by molar-refractivity contribution is -0.157. The van der Waals surface area contributed by atoms with Gasteiger partial charge < -0.3 is 25.0 Å². The zero-order valence-corrected chi connectivity index (χ0v) is 18.3. The number of alkyl halides is 3. The highest BCUT2D eigenvalue weighted by molar-refractivity contribution is 14.0. The first-order valence-corrected chi connectivity index (χ1v) is 8.35. The predicted octanol–water partition coefficient (Wildman–Crippen LogP) is 2.27. The van der Waals surface area contributed by atoms with E-state index in [1.165, 1.54) is 0 Å². The summed E-state index contributed by atoms with van der Waals surface area (Å²) in [5, 5.41) is 5.86. The Morgan fingerprint density at radius 2 is 1.79 bits per heavy atom. The van der Waals surface area contributed by atoms with Crippen LogP contribution in [-0.2, 0) is 4.79 Å². The van der Waals surface area contributed by atoms with Gasteiger partial charge >= 0.3 is 6.18 Å². The molecule has 0 aliphatic heterocycles. The van der Waals surface area contributed by atoms with Crippen LogP contribution in [0.1, 0.15) is 6.92 Å². The van der Waals surface area contributed by atoms with Gasteiger partial charge in [-0.05, 0) is 31.2 Å². The molecule has 11 heteroatoms. The Balaban J connectivity index is 0.00000729. The summed E-state index contributed by atoms with van der Waals surface area (Å²) in [4.78, 5) is 16.3. The van der Waals surface area contributed by atoms with E-state index in [-0.39, 0.29) is 30.5 Å². The molecule has 0 aromatic heterocycles. The highest BCUT2D eigenvalue weighted by Crippen LogP contribution is 2.17. The molecular weight excluding hydrogens is 492 g/mol. The minimum atomic E-state index is -4.43. The number of hydrogen-bond acceptors (Lipinski definition) is 4. The van der Waals surface area contributed by atoms with Crippen LogP contribution in [0.2, 0.25) is 0 Å². The van der Waals surface area contributed by atoms with Crippen molar-refractivity contribution < 1.29 is 27.4 Å². The highest BCUT2D eigenvalue weighted by atomic mass is 127. The van der Waals surface area contributed by atoms with E-state index in [0.29, 0.717) is 36.3 Å². The van der Waals surface area contributed by atoms with Crippen molar-refractivity contribution in [3.8, 4) is 11.5 Å². The molecule has 0 fully saturated rings. The zero-order valence-electron chi connectivity index (χ0n) is 16.0. The van der Waals surface area contributed by atoms with Gasteiger partial charge in [0.2, 0.25) is 5.91 Å². The van der Waals surface area contributed by atoms with Gasteiger partial charge in [-0.1, -0.05) is 0 Å². The molecule has 0 bridgehead atoms. The molecule has 0 aliphatic carbocycles. The second-order valence-electron chi connectivity index (χ2n) is 5.51. The van der Waals surface area contributed by atoms with Gasteiger partial charge in [-0.2, -0.15) is 13.2 Å². The summed E-state index contributed by atoms with van der Waals surface area (Å²) in [6.07, 6.45) is -4.43. The molecule has 2 N–H and O–H groups in total. The Kier molecular flexibility index (Phi) is 12.4. The zero-order chi connectivity index (χ0) is 20.3. The average Bonchev–Trinajstić information content (AvgIpc) is 2.61. The second-order valence-corrected chi connectivity index (χ2v) is 5.51. The van der Waals surface area contributed by atoms with E-state index in [4.69, 9.17) is 9.47 Å².